The molecule has 0 spiro atoms. The van der Waals surface area contributed by atoms with Crippen molar-refractivity contribution in [1.82, 2.24) is 0 Å². The van der Waals surface area contributed by atoms with Crippen LogP contribution in [0.3, 0.4) is 0 Å². The second kappa shape index (κ2) is 25.2. The van der Waals surface area contributed by atoms with Gasteiger partial charge in [0.25, 0.3) is 0 Å². The van der Waals surface area contributed by atoms with Crippen molar-refractivity contribution in [3.05, 3.63) is 35.9 Å². The first-order chi connectivity index (χ1) is 17.7. The molecule has 0 aliphatic rings. The Morgan fingerprint density at radius 2 is 0.861 bits per heavy atom. The lowest BCUT2D eigenvalue weighted by molar-refractivity contribution is 0.562. The molecule has 210 valence electrons. The zero-order valence-electron chi connectivity index (χ0n) is 24.7. The number of hydrogen-bond acceptors (Lipinski definition) is 2. The zero-order chi connectivity index (χ0) is 26.0. The fourth-order valence-electron chi connectivity index (χ4n) is 4.96. The van der Waals surface area contributed by atoms with Gasteiger partial charge in [0.15, 0.2) is 0 Å². The van der Waals surface area contributed by atoms with Crippen molar-refractivity contribution in [2.24, 2.45) is 0 Å². The maximum Gasteiger partial charge on any atom is 0.0586 e. The minimum Gasteiger partial charge on any atom is -0.144 e. The van der Waals surface area contributed by atoms with E-state index >= 15 is 0 Å². The van der Waals surface area contributed by atoms with Gasteiger partial charge in [-0.25, -0.2) is 0 Å². The largest absolute Gasteiger partial charge is 0.144 e. The van der Waals surface area contributed by atoms with Gasteiger partial charge in [-0.2, -0.15) is 0 Å². The van der Waals surface area contributed by atoms with Crippen LogP contribution in [0.5, 0.6) is 0 Å². The molecule has 0 nitrogen and oxygen atoms in total. The van der Waals surface area contributed by atoms with E-state index in [1.165, 1.54) is 158 Å². The molecule has 36 heavy (non-hydrogen) atoms. The second-order valence-electron chi connectivity index (χ2n) is 11.2. The van der Waals surface area contributed by atoms with Crippen molar-refractivity contribution in [2.45, 2.75) is 166 Å². The predicted molar refractivity (Wildman–Crippen MR) is 172 cm³/mol. The molecule has 0 N–H and O–H groups in total. The van der Waals surface area contributed by atoms with E-state index in [2.05, 4.69) is 74.6 Å². The van der Waals surface area contributed by atoms with Crippen LogP contribution in [0, 0.1) is 0 Å². The lowest BCUT2D eigenvalue weighted by Crippen LogP contribution is -2.18. The third kappa shape index (κ3) is 20.9. The molecule has 1 aromatic carbocycles. The fraction of sp³-hybridized carbons (Fsp3) is 0.824. The van der Waals surface area contributed by atoms with Gasteiger partial charge >= 0.3 is 0 Å². The van der Waals surface area contributed by atoms with Gasteiger partial charge in [0.05, 0.1) is 4.08 Å². The average molecular weight is 535 g/mol. The normalized spacial score (nSPS) is 11.9. The van der Waals surface area contributed by atoms with Gasteiger partial charge in [-0.3, -0.25) is 0 Å². The van der Waals surface area contributed by atoms with Gasteiger partial charge in [0.1, 0.15) is 0 Å². The summed E-state index contributed by atoms with van der Waals surface area (Å²) in [6.07, 6.45) is 31.2. The Labute approximate surface area is 236 Å². The van der Waals surface area contributed by atoms with Crippen LogP contribution in [0.25, 0.3) is 0 Å². The first-order valence-electron chi connectivity index (χ1n) is 16.0. The third-order valence-corrected chi connectivity index (χ3v) is 10.8. The summed E-state index contributed by atoms with van der Waals surface area (Å²) in [6.45, 7) is 7.15. The first-order valence-corrected chi connectivity index (χ1v) is 18.0. The summed E-state index contributed by atoms with van der Waals surface area (Å²) in [6, 6.07) is 11.1. The summed E-state index contributed by atoms with van der Waals surface area (Å²) in [5.74, 6) is 2.68. The van der Waals surface area contributed by atoms with Gasteiger partial charge in [0.2, 0.25) is 0 Å². The summed E-state index contributed by atoms with van der Waals surface area (Å²) in [4.78, 5) is 0. The maximum absolute atomic E-state index is 2.54. The molecule has 0 bridgehead atoms. The Balaban J connectivity index is 2.20. The molecule has 0 heterocycles. The molecule has 0 unspecified atom stereocenters. The van der Waals surface area contributed by atoms with Gasteiger partial charge in [-0.15, -0.1) is 23.5 Å². The topological polar surface area (TPSA) is 0 Å². The number of benzene rings is 1. The summed E-state index contributed by atoms with van der Waals surface area (Å²) >= 11 is 4.53. The highest BCUT2D eigenvalue weighted by atomic mass is 32.2. The Morgan fingerprint density at radius 3 is 1.25 bits per heavy atom. The average Bonchev–Trinajstić information content (AvgIpc) is 2.90. The van der Waals surface area contributed by atoms with Crippen molar-refractivity contribution in [3.8, 4) is 0 Å². The standard InChI is InChI=1S/C34H62S2/c1-4-6-8-10-12-14-16-18-20-25-31-35-34(3,30-29-33-27-23-22-24-28-33)36-32-26-21-19-17-15-13-11-9-7-5-2/h22-24,27-28H,4-21,25-26,29-32H2,1-3H3. The van der Waals surface area contributed by atoms with Gasteiger partial charge in [0, 0.05) is 0 Å². The SMILES string of the molecule is CCCCCCCCCCCCSC(C)(CCc1ccccc1)SCCCCCCCCCCCC. The van der Waals surface area contributed by atoms with E-state index in [0.29, 0.717) is 4.08 Å². The molecule has 0 amide bonds. The van der Waals surface area contributed by atoms with Gasteiger partial charge < -0.3 is 0 Å². The number of unbranched alkanes of at least 4 members (excludes halogenated alkanes) is 18. The van der Waals surface area contributed by atoms with E-state index in [1.54, 1.807) is 0 Å². The lowest BCUT2D eigenvalue weighted by atomic mass is 10.1. The highest BCUT2D eigenvalue weighted by Crippen LogP contribution is 2.42. The molecule has 0 saturated carbocycles. The van der Waals surface area contributed by atoms with Crippen molar-refractivity contribution in [2.75, 3.05) is 11.5 Å². The minimum absolute atomic E-state index is 0.369. The van der Waals surface area contributed by atoms with Crippen LogP contribution < -0.4 is 0 Å². The summed E-state index contributed by atoms with van der Waals surface area (Å²) in [5.41, 5.74) is 1.50. The molecular formula is C34H62S2. The van der Waals surface area contributed by atoms with Crippen molar-refractivity contribution in [1.29, 1.82) is 0 Å². The first kappa shape index (κ1) is 33.9. The van der Waals surface area contributed by atoms with Crippen molar-refractivity contribution < 1.29 is 0 Å². The van der Waals surface area contributed by atoms with Crippen LogP contribution in [0.2, 0.25) is 0 Å². The lowest BCUT2D eigenvalue weighted by Gasteiger charge is -2.29. The minimum atomic E-state index is 0.369. The molecule has 0 aliphatic carbocycles. The number of aryl methyl sites for hydroxylation is 1. The van der Waals surface area contributed by atoms with Crippen LogP contribution in [0.1, 0.15) is 161 Å². The Morgan fingerprint density at radius 1 is 0.500 bits per heavy atom. The molecule has 0 radical (unpaired) electrons. The van der Waals surface area contributed by atoms with E-state index in [0.717, 1.165) is 0 Å². The second-order valence-corrected chi connectivity index (χ2v) is 14.6. The van der Waals surface area contributed by atoms with Crippen LogP contribution >= 0.6 is 23.5 Å². The van der Waals surface area contributed by atoms with Crippen LogP contribution in [0.4, 0.5) is 0 Å². The highest BCUT2D eigenvalue weighted by Gasteiger charge is 2.24. The number of thioether (sulfide) groups is 2. The monoisotopic (exact) mass is 534 g/mol. The molecule has 0 aliphatic heterocycles. The Kier molecular flexibility index (Phi) is 23.8. The molecule has 1 aromatic rings. The van der Waals surface area contributed by atoms with Gasteiger partial charge in [-0.05, 0) is 49.7 Å². The molecule has 2 heteroatoms. The summed E-state index contributed by atoms with van der Waals surface area (Å²) in [7, 11) is 0. The Hall–Kier alpha value is -0.0800. The Bertz CT molecular complexity index is 530. The number of hydrogen-bond donors (Lipinski definition) is 0. The van der Waals surface area contributed by atoms with E-state index in [9.17, 15) is 0 Å². The van der Waals surface area contributed by atoms with E-state index < -0.39 is 0 Å². The molecular weight excluding hydrogens is 473 g/mol. The van der Waals surface area contributed by atoms with E-state index in [-0.39, 0.29) is 0 Å². The smallest absolute Gasteiger partial charge is 0.0586 e. The highest BCUT2D eigenvalue weighted by molar-refractivity contribution is 8.18. The number of rotatable bonds is 27. The fourth-order valence-corrected chi connectivity index (χ4v) is 7.84. The van der Waals surface area contributed by atoms with Crippen LogP contribution in [-0.4, -0.2) is 15.6 Å². The molecule has 0 fully saturated rings. The predicted octanol–water partition coefficient (Wildman–Crippen LogP) is 12.6. The maximum atomic E-state index is 2.54. The molecule has 1 rings (SSSR count). The van der Waals surface area contributed by atoms with E-state index in [4.69, 9.17) is 0 Å². The molecule has 0 atom stereocenters. The zero-order valence-corrected chi connectivity index (χ0v) is 26.3. The quantitative estimate of drug-likeness (QED) is 0.0813. The van der Waals surface area contributed by atoms with Crippen molar-refractivity contribution in [3.63, 3.8) is 0 Å². The molecule has 0 aromatic heterocycles. The molecule has 0 saturated heterocycles. The third-order valence-electron chi connectivity index (χ3n) is 7.52. The summed E-state index contributed by atoms with van der Waals surface area (Å²) < 4.78 is 0.369. The summed E-state index contributed by atoms with van der Waals surface area (Å²) in [5, 5.41) is 0. The van der Waals surface area contributed by atoms with Crippen LogP contribution in [0.15, 0.2) is 30.3 Å². The van der Waals surface area contributed by atoms with E-state index in [1.807, 2.05) is 0 Å². The van der Waals surface area contributed by atoms with Gasteiger partial charge in [-0.1, -0.05) is 160 Å². The van der Waals surface area contributed by atoms with Crippen LogP contribution in [-0.2, 0) is 6.42 Å². The van der Waals surface area contributed by atoms with Crippen molar-refractivity contribution >= 4 is 23.5 Å².